The van der Waals surface area contributed by atoms with Crippen LogP contribution >= 0.6 is 35.3 Å². The van der Waals surface area contributed by atoms with Crippen molar-refractivity contribution in [2.24, 2.45) is 4.99 Å². The predicted octanol–water partition coefficient (Wildman–Crippen LogP) is 4.52. The second-order valence-electron chi connectivity index (χ2n) is 7.09. The number of guanidine groups is 1. The third kappa shape index (κ3) is 7.64. The van der Waals surface area contributed by atoms with Crippen molar-refractivity contribution < 1.29 is 14.6 Å². The number of aliphatic hydroxyl groups is 1. The Morgan fingerprint density at radius 3 is 2.62 bits per heavy atom. The Morgan fingerprint density at radius 2 is 1.97 bits per heavy atom. The van der Waals surface area contributed by atoms with Gasteiger partial charge in [-0.25, -0.2) is 9.98 Å². The number of rotatable bonds is 9. The first-order chi connectivity index (χ1) is 15.0. The Balaban J connectivity index is 0.00000363. The van der Waals surface area contributed by atoms with Gasteiger partial charge in [0.25, 0.3) is 0 Å². The summed E-state index contributed by atoms with van der Waals surface area (Å²) >= 11 is 1.53. The molecule has 0 fully saturated rings. The van der Waals surface area contributed by atoms with Gasteiger partial charge in [-0.2, -0.15) is 0 Å². The first-order valence-corrected chi connectivity index (χ1v) is 10.9. The van der Waals surface area contributed by atoms with Crippen LogP contribution in [0.3, 0.4) is 0 Å². The molecular formula is C23H29IN4O3S. The Kier molecular flexibility index (Phi) is 10.2. The van der Waals surface area contributed by atoms with E-state index < -0.39 is 5.60 Å². The van der Waals surface area contributed by atoms with E-state index in [4.69, 9.17) is 9.47 Å². The highest BCUT2D eigenvalue weighted by molar-refractivity contribution is 14.0. The smallest absolute Gasteiger partial charge is 0.219 e. The number of halogens is 1. The average Bonchev–Trinajstić information content (AvgIpc) is 3.33. The van der Waals surface area contributed by atoms with E-state index in [-0.39, 0.29) is 24.0 Å². The summed E-state index contributed by atoms with van der Waals surface area (Å²) in [6.45, 7) is 5.31. The number of aliphatic imine (C=N–C) groups is 1. The van der Waals surface area contributed by atoms with Gasteiger partial charge in [0.2, 0.25) is 5.88 Å². The Hall–Kier alpha value is -2.37. The molecule has 1 aromatic carbocycles. The van der Waals surface area contributed by atoms with Crippen LogP contribution in [0.2, 0.25) is 0 Å². The van der Waals surface area contributed by atoms with Crippen LogP contribution in [-0.2, 0) is 12.1 Å². The molecule has 32 heavy (non-hydrogen) atoms. The van der Waals surface area contributed by atoms with E-state index in [0.717, 1.165) is 22.7 Å². The van der Waals surface area contributed by atoms with E-state index in [0.29, 0.717) is 30.7 Å². The molecule has 3 aromatic rings. The Labute approximate surface area is 209 Å². The van der Waals surface area contributed by atoms with Gasteiger partial charge in [0.1, 0.15) is 17.1 Å². The Morgan fingerprint density at radius 1 is 1.16 bits per heavy atom. The molecule has 9 heteroatoms. The summed E-state index contributed by atoms with van der Waals surface area (Å²) in [5.74, 6) is 2.52. The van der Waals surface area contributed by atoms with E-state index in [9.17, 15) is 5.11 Å². The third-order valence-corrected chi connectivity index (χ3v) is 5.60. The first-order valence-electron chi connectivity index (χ1n) is 10.1. The molecule has 3 N–H and O–H groups in total. The van der Waals surface area contributed by atoms with Crippen LogP contribution in [0.4, 0.5) is 0 Å². The summed E-state index contributed by atoms with van der Waals surface area (Å²) in [5, 5.41) is 19.1. The van der Waals surface area contributed by atoms with Crippen LogP contribution in [0.15, 0.2) is 65.1 Å². The normalized spacial score (nSPS) is 12.9. The predicted molar refractivity (Wildman–Crippen MR) is 139 cm³/mol. The van der Waals surface area contributed by atoms with E-state index in [2.05, 4.69) is 20.6 Å². The molecule has 0 aliphatic heterocycles. The summed E-state index contributed by atoms with van der Waals surface area (Å²) in [4.78, 5) is 9.86. The Bertz CT molecular complexity index is 979. The zero-order valence-electron chi connectivity index (χ0n) is 18.4. The topological polar surface area (TPSA) is 88.0 Å². The lowest BCUT2D eigenvalue weighted by atomic mass is 10.1. The summed E-state index contributed by atoms with van der Waals surface area (Å²) in [5.41, 5.74) is -0.0226. The molecule has 0 bridgehead atoms. The van der Waals surface area contributed by atoms with Gasteiger partial charge in [0, 0.05) is 29.8 Å². The van der Waals surface area contributed by atoms with Crippen LogP contribution in [0.25, 0.3) is 0 Å². The maximum atomic E-state index is 10.7. The van der Waals surface area contributed by atoms with Crippen LogP contribution in [-0.4, -0.2) is 36.2 Å². The lowest BCUT2D eigenvalue weighted by Crippen LogP contribution is -2.44. The molecule has 2 aromatic heterocycles. The van der Waals surface area contributed by atoms with Crippen molar-refractivity contribution in [2.45, 2.75) is 26.0 Å². The van der Waals surface area contributed by atoms with Crippen molar-refractivity contribution in [3.63, 3.8) is 0 Å². The highest BCUT2D eigenvalue weighted by Crippen LogP contribution is 2.25. The van der Waals surface area contributed by atoms with Gasteiger partial charge in [-0.05, 0) is 43.0 Å². The highest BCUT2D eigenvalue weighted by atomic mass is 127. The maximum Gasteiger partial charge on any atom is 0.219 e. The minimum Gasteiger partial charge on any atom is -0.497 e. The minimum atomic E-state index is -0.967. The summed E-state index contributed by atoms with van der Waals surface area (Å²) in [6, 6.07) is 15.0. The molecule has 0 aliphatic rings. The van der Waals surface area contributed by atoms with Crippen LogP contribution in [0.5, 0.6) is 17.4 Å². The average molecular weight is 568 g/mol. The van der Waals surface area contributed by atoms with Crippen LogP contribution in [0, 0.1) is 0 Å². The zero-order valence-corrected chi connectivity index (χ0v) is 21.5. The van der Waals surface area contributed by atoms with Crippen molar-refractivity contribution in [2.75, 3.05) is 20.2 Å². The maximum absolute atomic E-state index is 10.7. The molecule has 2 heterocycles. The molecule has 0 radical (unpaired) electrons. The van der Waals surface area contributed by atoms with E-state index in [1.54, 1.807) is 26.3 Å². The SMILES string of the molecule is CCNC(=NCc1ccc(Oc2cccc(OC)c2)nc1)NCC(C)(O)c1cccs1.I. The number of nitrogens with zero attached hydrogens (tertiary/aromatic N) is 2. The van der Waals surface area contributed by atoms with Gasteiger partial charge in [-0.1, -0.05) is 18.2 Å². The molecule has 1 unspecified atom stereocenters. The molecule has 0 saturated heterocycles. The van der Waals surface area contributed by atoms with Crippen molar-refractivity contribution in [3.05, 3.63) is 70.5 Å². The first kappa shape index (κ1) is 25.9. The highest BCUT2D eigenvalue weighted by Gasteiger charge is 2.24. The minimum absolute atomic E-state index is 0. The quantitative estimate of drug-likeness (QED) is 0.200. The van der Waals surface area contributed by atoms with Crippen molar-refractivity contribution in [1.82, 2.24) is 15.6 Å². The lowest BCUT2D eigenvalue weighted by Gasteiger charge is -2.23. The summed E-state index contributed by atoms with van der Waals surface area (Å²) in [6.07, 6.45) is 1.74. The number of methoxy groups -OCH3 is 1. The van der Waals surface area contributed by atoms with Crippen molar-refractivity contribution in [3.8, 4) is 17.4 Å². The van der Waals surface area contributed by atoms with Crippen LogP contribution in [0.1, 0.15) is 24.3 Å². The molecular weight excluding hydrogens is 539 g/mol. The number of aromatic nitrogens is 1. The fourth-order valence-corrected chi connectivity index (χ4v) is 3.58. The molecule has 172 valence electrons. The lowest BCUT2D eigenvalue weighted by molar-refractivity contribution is 0.0655. The zero-order chi connectivity index (χ0) is 22.1. The van der Waals surface area contributed by atoms with Gasteiger partial charge in [-0.15, -0.1) is 35.3 Å². The second-order valence-corrected chi connectivity index (χ2v) is 8.03. The molecule has 0 spiro atoms. The van der Waals surface area contributed by atoms with Gasteiger partial charge in [-0.3, -0.25) is 0 Å². The van der Waals surface area contributed by atoms with E-state index in [1.165, 1.54) is 11.3 Å². The standard InChI is InChI=1S/C23H28N4O3S.HI/c1-4-24-22(27-16-23(2,28)20-9-6-12-31-20)26-15-17-10-11-21(25-14-17)30-19-8-5-7-18(13-19)29-3;/h5-14,28H,4,15-16H2,1-3H3,(H2,24,26,27);1H. The second kappa shape index (κ2) is 12.6. The van der Waals surface area contributed by atoms with Gasteiger partial charge in [0.15, 0.2) is 5.96 Å². The monoisotopic (exact) mass is 568 g/mol. The van der Waals surface area contributed by atoms with E-state index >= 15 is 0 Å². The number of hydrogen-bond donors (Lipinski definition) is 3. The molecule has 0 amide bonds. The molecule has 7 nitrogen and oxygen atoms in total. The van der Waals surface area contributed by atoms with Crippen LogP contribution < -0.4 is 20.1 Å². The van der Waals surface area contributed by atoms with Crippen molar-refractivity contribution >= 4 is 41.3 Å². The fraction of sp³-hybridized carbons (Fsp3) is 0.304. The molecule has 1 atom stereocenters. The fourth-order valence-electron chi connectivity index (χ4n) is 2.79. The van der Waals surface area contributed by atoms with Crippen molar-refractivity contribution in [1.29, 1.82) is 0 Å². The number of pyridine rings is 1. The van der Waals surface area contributed by atoms with E-state index in [1.807, 2.05) is 54.8 Å². The number of nitrogens with one attached hydrogen (secondary N) is 2. The van der Waals surface area contributed by atoms with Gasteiger partial charge >= 0.3 is 0 Å². The molecule has 0 saturated carbocycles. The largest absolute Gasteiger partial charge is 0.497 e. The summed E-state index contributed by atoms with van der Waals surface area (Å²) < 4.78 is 11.0. The number of ether oxygens (including phenoxy) is 2. The van der Waals surface area contributed by atoms with Gasteiger partial charge in [0.05, 0.1) is 20.2 Å². The third-order valence-electron chi connectivity index (χ3n) is 4.48. The number of benzene rings is 1. The molecule has 3 rings (SSSR count). The number of hydrogen-bond acceptors (Lipinski definition) is 6. The number of thiophene rings is 1. The van der Waals surface area contributed by atoms with Gasteiger partial charge < -0.3 is 25.2 Å². The molecule has 0 aliphatic carbocycles. The summed E-state index contributed by atoms with van der Waals surface area (Å²) in [7, 11) is 1.62.